The van der Waals surface area contributed by atoms with Crippen molar-refractivity contribution in [2.75, 3.05) is 16.0 Å². The molecule has 0 saturated heterocycles. The van der Waals surface area contributed by atoms with Crippen LogP contribution in [-0.2, 0) is 4.79 Å². The molecular weight excluding hydrogens is 505 g/mol. The predicted molar refractivity (Wildman–Crippen MR) is 143 cm³/mol. The lowest BCUT2D eigenvalue weighted by Gasteiger charge is -2.12. The first kappa shape index (κ1) is 25.4. The zero-order valence-corrected chi connectivity index (χ0v) is 21.2. The van der Waals surface area contributed by atoms with E-state index in [9.17, 15) is 14.0 Å². The SMILES string of the molecule is CC(=O)Nc1cc(Oc2ccc(NC(=O)Nc3cc(C(C)C)nn3-c3ccc4oncc4c3)c(F)c2)ccn1. The maximum Gasteiger partial charge on any atom is 0.324 e. The molecule has 0 radical (unpaired) electrons. The van der Waals surface area contributed by atoms with Gasteiger partial charge in [0.25, 0.3) is 0 Å². The van der Waals surface area contributed by atoms with Crippen molar-refractivity contribution in [3.63, 3.8) is 0 Å². The molecule has 0 saturated carbocycles. The topological polar surface area (TPSA) is 136 Å². The summed E-state index contributed by atoms with van der Waals surface area (Å²) in [7, 11) is 0. The fourth-order valence-electron chi connectivity index (χ4n) is 3.75. The van der Waals surface area contributed by atoms with Crippen molar-refractivity contribution >= 4 is 40.2 Å². The maximum atomic E-state index is 14.9. The Morgan fingerprint density at radius 2 is 1.82 bits per heavy atom. The number of hydrogen-bond donors (Lipinski definition) is 3. The Bertz CT molecular complexity index is 1680. The second-order valence-corrected chi connectivity index (χ2v) is 8.95. The molecule has 0 fully saturated rings. The van der Waals surface area contributed by atoms with E-state index in [0.29, 0.717) is 28.7 Å². The first-order chi connectivity index (χ1) is 18.7. The highest BCUT2D eigenvalue weighted by atomic mass is 19.1. The molecule has 3 aromatic heterocycles. The van der Waals surface area contributed by atoms with Gasteiger partial charge in [-0.05, 0) is 42.3 Å². The van der Waals surface area contributed by atoms with Crippen molar-refractivity contribution in [1.29, 1.82) is 0 Å². The number of nitrogens with zero attached hydrogens (tertiary/aromatic N) is 4. The molecule has 0 aliphatic heterocycles. The van der Waals surface area contributed by atoms with E-state index in [1.165, 1.54) is 31.3 Å². The summed E-state index contributed by atoms with van der Waals surface area (Å²) >= 11 is 0. The average molecular weight is 530 g/mol. The van der Waals surface area contributed by atoms with E-state index < -0.39 is 11.8 Å². The molecule has 39 heavy (non-hydrogen) atoms. The molecule has 198 valence electrons. The van der Waals surface area contributed by atoms with Gasteiger partial charge in [-0.3, -0.25) is 10.1 Å². The molecule has 2 aromatic carbocycles. The van der Waals surface area contributed by atoms with Crippen LogP contribution in [0.4, 0.5) is 26.5 Å². The summed E-state index contributed by atoms with van der Waals surface area (Å²) < 4.78 is 27.3. The lowest BCUT2D eigenvalue weighted by molar-refractivity contribution is -0.114. The quantitative estimate of drug-likeness (QED) is 0.233. The maximum absolute atomic E-state index is 14.9. The average Bonchev–Trinajstić information content (AvgIpc) is 3.52. The fraction of sp³-hybridized carbons (Fsp3) is 0.148. The third-order valence-corrected chi connectivity index (χ3v) is 5.60. The highest BCUT2D eigenvalue weighted by Crippen LogP contribution is 2.28. The molecule has 5 rings (SSSR count). The van der Waals surface area contributed by atoms with E-state index in [2.05, 4.69) is 31.2 Å². The van der Waals surface area contributed by atoms with Crippen LogP contribution in [0.25, 0.3) is 16.7 Å². The van der Waals surface area contributed by atoms with Crippen LogP contribution in [0.1, 0.15) is 32.4 Å². The molecule has 0 aliphatic rings. The first-order valence-corrected chi connectivity index (χ1v) is 12.0. The number of rotatable bonds is 7. The minimum Gasteiger partial charge on any atom is -0.457 e. The van der Waals surface area contributed by atoms with Crippen molar-refractivity contribution in [3.05, 3.63) is 78.5 Å². The predicted octanol–water partition coefficient (Wildman–Crippen LogP) is 6.07. The largest absolute Gasteiger partial charge is 0.457 e. The zero-order chi connectivity index (χ0) is 27.5. The van der Waals surface area contributed by atoms with E-state index >= 15 is 0 Å². The fourth-order valence-corrected chi connectivity index (χ4v) is 3.75. The number of halogens is 1. The highest BCUT2D eigenvalue weighted by Gasteiger charge is 2.17. The summed E-state index contributed by atoms with van der Waals surface area (Å²) in [6, 6.07) is 13.6. The van der Waals surface area contributed by atoms with Crippen LogP contribution in [0.3, 0.4) is 0 Å². The minimum absolute atomic E-state index is 0.0467. The highest BCUT2D eigenvalue weighted by molar-refractivity contribution is 5.99. The Kier molecular flexibility index (Phi) is 6.91. The van der Waals surface area contributed by atoms with Gasteiger partial charge < -0.3 is 19.9 Å². The van der Waals surface area contributed by atoms with E-state index in [1.54, 1.807) is 35.1 Å². The van der Waals surface area contributed by atoms with Gasteiger partial charge in [0.1, 0.15) is 29.0 Å². The molecule has 5 aromatic rings. The monoisotopic (exact) mass is 529 g/mol. The Labute approximate surface area is 222 Å². The van der Waals surface area contributed by atoms with E-state index in [-0.39, 0.29) is 23.3 Å². The molecule has 0 bridgehead atoms. The van der Waals surface area contributed by atoms with Gasteiger partial charge in [0.15, 0.2) is 5.58 Å². The molecular formula is C27H24FN7O4. The molecule has 11 nitrogen and oxygen atoms in total. The van der Waals surface area contributed by atoms with Gasteiger partial charge in [-0.1, -0.05) is 19.0 Å². The Hall–Kier alpha value is -5.26. The van der Waals surface area contributed by atoms with Crippen molar-refractivity contribution in [2.24, 2.45) is 0 Å². The van der Waals surface area contributed by atoms with Gasteiger partial charge in [0, 0.05) is 36.7 Å². The van der Waals surface area contributed by atoms with Gasteiger partial charge in [-0.2, -0.15) is 5.10 Å². The summed E-state index contributed by atoms with van der Waals surface area (Å²) in [5.41, 5.74) is 2.04. The third-order valence-electron chi connectivity index (χ3n) is 5.60. The lowest BCUT2D eigenvalue weighted by atomic mass is 10.1. The van der Waals surface area contributed by atoms with Crippen LogP contribution in [0.5, 0.6) is 11.5 Å². The number of anilines is 3. The van der Waals surface area contributed by atoms with Gasteiger partial charge in [-0.25, -0.2) is 18.9 Å². The first-order valence-electron chi connectivity index (χ1n) is 12.0. The number of fused-ring (bicyclic) bond motifs is 1. The van der Waals surface area contributed by atoms with Crippen LogP contribution in [0.2, 0.25) is 0 Å². The number of carbonyl (C=O) groups is 2. The van der Waals surface area contributed by atoms with Gasteiger partial charge >= 0.3 is 6.03 Å². The third kappa shape index (κ3) is 5.85. The standard InChI is InChI=1S/C27H24FN7O4/c1-15(2)23-13-26(35(34-23)18-4-7-24-17(10-18)14-30-39-24)33-27(37)32-22-6-5-19(11-21(22)28)38-20-8-9-29-25(12-20)31-16(3)36/h4-15H,1-3H3,(H,29,31,36)(H2,32,33,37). The van der Waals surface area contributed by atoms with Crippen molar-refractivity contribution < 1.29 is 23.2 Å². The Morgan fingerprint density at radius 3 is 2.59 bits per heavy atom. The van der Waals surface area contributed by atoms with Gasteiger partial charge in [0.2, 0.25) is 5.91 Å². The molecule has 0 atom stereocenters. The number of nitrogens with one attached hydrogen (secondary N) is 3. The summed E-state index contributed by atoms with van der Waals surface area (Å²) in [4.78, 5) is 28.1. The lowest BCUT2D eigenvalue weighted by Crippen LogP contribution is -2.22. The number of urea groups is 1. The number of benzene rings is 2. The molecule has 3 N–H and O–H groups in total. The molecule has 12 heteroatoms. The molecule has 0 unspecified atom stereocenters. The number of aromatic nitrogens is 4. The molecule has 3 heterocycles. The number of carbonyl (C=O) groups excluding carboxylic acids is 2. The van der Waals surface area contributed by atoms with Crippen LogP contribution >= 0.6 is 0 Å². The van der Waals surface area contributed by atoms with Crippen molar-refractivity contribution in [3.8, 4) is 17.2 Å². The minimum atomic E-state index is -0.701. The van der Waals surface area contributed by atoms with Crippen LogP contribution in [-0.4, -0.2) is 31.9 Å². The summed E-state index contributed by atoms with van der Waals surface area (Å²) in [5.74, 6) is 0.380. The zero-order valence-electron chi connectivity index (χ0n) is 21.2. The summed E-state index contributed by atoms with van der Waals surface area (Å²) in [6.45, 7) is 5.35. The second kappa shape index (κ2) is 10.6. The normalized spacial score (nSPS) is 11.0. The summed E-state index contributed by atoms with van der Waals surface area (Å²) in [5, 5.41) is 17.0. The van der Waals surface area contributed by atoms with E-state index in [1.807, 2.05) is 19.9 Å². The molecule has 3 amide bonds. The molecule has 0 aliphatic carbocycles. The van der Waals surface area contributed by atoms with Crippen molar-refractivity contribution in [2.45, 2.75) is 26.7 Å². The number of hydrogen-bond acceptors (Lipinski definition) is 7. The van der Waals surface area contributed by atoms with Gasteiger partial charge in [-0.15, -0.1) is 0 Å². The number of amides is 3. The van der Waals surface area contributed by atoms with Crippen LogP contribution < -0.4 is 20.7 Å². The molecule has 0 spiro atoms. The number of pyridine rings is 1. The second-order valence-electron chi connectivity index (χ2n) is 8.95. The van der Waals surface area contributed by atoms with E-state index in [4.69, 9.17) is 9.26 Å². The van der Waals surface area contributed by atoms with E-state index in [0.717, 1.165) is 17.1 Å². The van der Waals surface area contributed by atoms with Crippen LogP contribution in [0.15, 0.2) is 71.5 Å². The Morgan fingerprint density at radius 1 is 1.00 bits per heavy atom. The van der Waals surface area contributed by atoms with Gasteiger partial charge in [0.05, 0.1) is 23.3 Å². The van der Waals surface area contributed by atoms with Crippen molar-refractivity contribution in [1.82, 2.24) is 19.9 Å². The smallest absolute Gasteiger partial charge is 0.324 e. The Balaban J connectivity index is 1.31. The summed E-state index contributed by atoms with van der Waals surface area (Å²) in [6.07, 6.45) is 3.05. The number of ether oxygens (including phenoxy) is 1. The van der Waals surface area contributed by atoms with Crippen LogP contribution in [0, 0.1) is 5.82 Å².